The highest BCUT2D eigenvalue weighted by atomic mass is 35.5. The zero-order valence-corrected chi connectivity index (χ0v) is 16.9. The monoisotopic (exact) mass is 430 g/mol. The van der Waals surface area contributed by atoms with E-state index in [-0.39, 0.29) is 18.2 Å². The third kappa shape index (κ3) is 5.77. The van der Waals surface area contributed by atoms with Crippen molar-refractivity contribution in [3.05, 3.63) is 89.7 Å². The average molecular weight is 431 g/mol. The molecule has 0 radical (unpaired) electrons. The first-order chi connectivity index (χ1) is 13.9. The number of rotatable bonds is 8. The predicted molar refractivity (Wildman–Crippen MR) is 114 cm³/mol. The molecule has 0 aliphatic rings. The van der Waals surface area contributed by atoms with Crippen molar-refractivity contribution in [1.29, 1.82) is 0 Å². The standard InChI is InChI=1S/C20H19ClN4O3S/c1-2-11-23-29(27,28)14-15-3-7-18(8-4-15)24-20(26)16-12-22-25(13-16)19-9-5-17(21)6-10-19/h2-10,12-13,23H,1,11,14H2,(H,24,26). The molecule has 0 spiro atoms. The largest absolute Gasteiger partial charge is 0.322 e. The molecule has 7 nitrogen and oxygen atoms in total. The highest BCUT2D eigenvalue weighted by Gasteiger charge is 2.12. The molecule has 0 saturated carbocycles. The number of carbonyl (C=O) groups is 1. The van der Waals surface area contributed by atoms with E-state index in [9.17, 15) is 13.2 Å². The summed E-state index contributed by atoms with van der Waals surface area (Å²) < 4.78 is 27.8. The molecule has 0 fully saturated rings. The van der Waals surface area contributed by atoms with Gasteiger partial charge in [-0.25, -0.2) is 17.8 Å². The van der Waals surface area contributed by atoms with Crippen LogP contribution in [0.15, 0.2) is 73.6 Å². The van der Waals surface area contributed by atoms with E-state index in [2.05, 4.69) is 21.7 Å². The number of amides is 1. The van der Waals surface area contributed by atoms with Crippen LogP contribution in [0.5, 0.6) is 0 Å². The van der Waals surface area contributed by atoms with Gasteiger partial charge in [-0.3, -0.25) is 4.79 Å². The van der Waals surface area contributed by atoms with Crippen molar-refractivity contribution in [3.8, 4) is 5.69 Å². The number of nitrogens with zero attached hydrogens (tertiary/aromatic N) is 2. The van der Waals surface area contributed by atoms with Crippen molar-refractivity contribution in [1.82, 2.24) is 14.5 Å². The lowest BCUT2D eigenvalue weighted by Crippen LogP contribution is -2.25. The predicted octanol–water partition coefficient (Wildman–Crippen LogP) is 3.38. The minimum atomic E-state index is -3.43. The summed E-state index contributed by atoms with van der Waals surface area (Å²) in [6, 6.07) is 13.7. The van der Waals surface area contributed by atoms with Crippen molar-refractivity contribution in [3.63, 3.8) is 0 Å². The second-order valence-corrected chi connectivity index (χ2v) is 8.44. The van der Waals surface area contributed by atoms with E-state index < -0.39 is 10.0 Å². The number of nitrogens with one attached hydrogen (secondary N) is 2. The number of carbonyl (C=O) groups excluding carboxylic acids is 1. The Balaban J connectivity index is 1.64. The van der Waals surface area contributed by atoms with Crippen molar-refractivity contribution in [2.45, 2.75) is 5.75 Å². The Bertz CT molecular complexity index is 1110. The molecule has 0 bridgehead atoms. The minimum absolute atomic E-state index is 0.150. The van der Waals surface area contributed by atoms with Crippen molar-refractivity contribution in [2.24, 2.45) is 0 Å². The SMILES string of the molecule is C=CCNS(=O)(=O)Cc1ccc(NC(=O)c2cnn(-c3ccc(Cl)cc3)c2)cc1. The van der Waals surface area contributed by atoms with Gasteiger partial charge in [0.25, 0.3) is 5.91 Å². The van der Waals surface area contributed by atoms with E-state index in [0.29, 0.717) is 21.8 Å². The molecule has 0 saturated heterocycles. The molecule has 1 heterocycles. The van der Waals surface area contributed by atoms with Gasteiger partial charge in [-0.2, -0.15) is 5.10 Å². The van der Waals surface area contributed by atoms with Crippen molar-refractivity contribution < 1.29 is 13.2 Å². The van der Waals surface area contributed by atoms with Crippen LogP contribution in [0.1, 0.15) is 15.9 Å². The van der Waals surface area contributed by atoms with Gasteiger partial charge in [0.05, 0.1) is 23.2 Å². The third-order valence-electron chi connectivity index (χ3n) is 3.95. The topological polar surface area (TPSA) is 93.1 Å². The summed E-state index contributed by atoms with van der Waals surface area (Å²) in [7, 11) is -3.43. The van der Waals surface area contributed by atoms with E-state index in [1.807, 2.05) is 0 Å². The first-order valence-electron chi connectivity index (χ1n) is 8.65. The third-order valence-corrected chi connectivity index (χ3v) is 5.52. The molecule has 9 heteroatoms. The summed E-state index contributed by atoms with van der Waals surface area (Å²) >= 11 is 5.88. The summed E-state index contributed by atoms with van der Waals surface area (Å²) in [6.45, 7) is 3.66. The Kier molecular flexibility index (Phi) is 6.48. The Hall–Kier alpha value is -2.94. The summed E-state index contributed by atoms with van der Waals surface area (Å²) in [5.41, 5.74) is 2.33. The van der Waals surface area contributed by atoms with Gasteiger partial charge in [-0.1, -0.05) is 29.8 Å². The van der Waals surface area contributed by atoms with Crippen LogP contribution >= 0.6 is 11.6 Å². The van der Waals surface area contributed by atoms with Gasteiger partial charge >= 0.3 is 0 Å². The quantitative estimate of drug-likeness (QED) is 0.536. The number of hydrogen-bond acceptors (Lipinski definition) is 4. The first-order valence-corrected chi connectivity index (χ1v) is 10.7. The molecule has 1 amide bonds. The Morgan fingerprint density at radius 3 is 2.48 bits per heavy atom. The van der Waals surface area contributed by atoms with E-state index in [0.717, 1.165) is 5.69 Å². The lowest BCUT2D eigenvalue weighted by atomic mass is 10.2. The number of aromatic nitrogens is 2. The maximum Gasteiger partial charge on any atom is 0.258 e. The summed E-state index contributed by atoms with van der Waals surface area (Å²) in [4.78, 5) is 12.4. The molecular weight excluding hydrogens is 412 g/mol. The van der Waals surface area contributed by atoms with Gasteiger partial charge in [-0.15, -0.1) is 6.58 Å². The Labute approximate surface area is 174 Å². The Morgan fingerprint density at radius 2 is 1.83 bits per heavy atom. The van der Waals surface area contributed by atoms with Gasteiger partial charge in [0.15, 0.2) is 0 Å². The van der Waals surface area contributed by atoms with E-state index in [1.54, 1.807) is 59.4 Å². The van der Waals surface area contributed by atoms with Crippen molar-refractivity contribution in [2.75, 3.05) is 11.9 Å². The highest BCUT2D eigenvalue weighted by molar-refractivity contribution is 7.88. The first kappa shape index (κ1) is 20.8. The average Bonchev–Trinajstić information content (AvgIpc) is 3.19. The van der Waals surface area contributed by atoms with Crippen molar-refractivity contribution >= 4 is 33.2 Å². The zero-order valence-electron chi connectivity index (χ0n) is 15.4. The maximum atomic E-state index is 12.4. The van der Waals surface area contributed by atoms with Gasteiger partial charge in [-0.05, 0) is 42.0 Å². The van der Waals surface area contributed by atoms with Crippen LogP contribution in [0.25, 0.3) is 5.69 Å². The number of halogens is 1. The highest BCUT2D eigenvalue weighted by Crippen LogP contribution is 2.15. The van der Waals surface area contributed by atoms with Gasteiger partial charge in [0.1, 0.15) is 0 Å². The molecule has 3 rings (SSSR count). The fourth-order valence-electron chi connectivity index (χ4n) is 2.52. The lowest BCUT2D eigenvalue weighted by Gasteiger charge is -2.07. The molecule has 0 aliphatic carbocycles. The fraction of sp³-hybridized carbons (Fsp3) is 0.100. The lowest BCUT2D eigenvalue weighted by molar-refractivity contribution is 0.102. The fourth-order valence-corrected chi connectivity index (χ4v) is 3.75. The number of benzene rings is 2. The molecule has 2 aromatic carbocycles. The van der Waals surface area contributed by atoms with E-state index in [4.69, 9.17) is 11.6 Å². The molecule has 0 aliphatic heterocycles. The van der Waals surface area contributed by atoms with Crippen LogP contribution in [0.2, 0.25) is 5.02 Å². The molecule has 0 atom stereocenters. The Morgan fingerprint density at radius 1 is 1.14 bits per heavy atom. The van der Waals surface area contributed by atoms with Gasteiger partial charge in [0, 0.05) is 23.5 Å². The molecule has 150 valence electrons. The maximum absolute atomic E-state index is 12.4. The van der Waals surface area contributed by atoms with Crippen LogP contribution < -0.4 is 10.0 Å². The van der Waals surface area contributed by atoms with Gasteiger partial charge in [0.2, 0.25) is 10.0 Å². The number of hydrogen-bond donors (Lipinski definition) is 2. The van der Waals surface area contributed by atoms with E-state index in [1.165, 1.54) is 12.3 Å². The zero-order chi connectivity index (χ0) is 20.9. The summed E-state index contributed by atoms with van der Waals surface area (Å²) in [5, 5.41) is 7.57. The molecule has 1 aromatic heterocycles. The smallest absolute Gasteiger partial charge is 0.258 e. The normalized spacial score (nSPS) is 11.2. The molecule has 2 N–H and O–H groups in total. The summed E-state index contributed by atoms with van der Waals surface area (Å²) in [6.07, 6.45) is 4.56. The van der Waals surface area contributed by atoms with Crippen LogP contribution in [0, 0.1) is 0 Å². The van der Waals surface area contributed by atoms with Crippen LogP contribution in [-0.2, 0) is 15.8 Å². The van der Waals surface area contributed by atoms with Crippen LogP contribution in [0.4, 0.5) is 5.69 Å². The molecule has 0 unspecified atom stereocenters. The number of anilines is 1. The van der Waals surface area contributed by atoms with Crippen LogP contribution in [0.3, 0.4) is 0 Å². The molecular formula is C20H19ClN4O3S. The van der Waals surface area contributed by atoms with Crippen LogP contribution in [-0.4, -0.2) is 30.7 Å². The van der Waals surface area contributed by atoms with E-state index >= 15 is 0 Å². The second kappa shape index (κ2) is 9.04. The summed E-state index contributed by atoms with van der Waals surface area (Å²) in [5.74, 6) is -0.471. The van der Waals surface area contributed by atoms with Gasteiger partial charge < -0.3 is 5.32 Å². The second-order valence-electron chi connectivity index (χ2n) is 6.20. The minimum Gasteiger partial charge on any atom is -0.322 e. The molecule has 29 heavy (non-hydrogen) atoms. The number of sulfonamides is 1. The molecule has 3 aromatic rings.